The highest BCUT2D eigenvalue weighted by atomic mass is 19.1. The van der Waals surface area contributed by atoms with Crippen LogP contribution in [0.3, 0.4) is 0 Å². The Bertz CT molecular complexity index is 833. The Morgan fingerprint density at radius 2 is 2.12 bits per heavy atom. The number of nitriles is 1. The molecule has 0 unspecified atom stereocenters. The van der Waals surface area contributed by atoms with Crippen LogP contribution in [0, 0.1) is 28.9 Å². The summed E-state index contributed by atoms with van der Waals surface area (Å²) in [6.07, 6.45) is 1.44. The molecule has 1 aliphatic rings. The second kappa shape index (κ2) is 6.85. The van der Waals surface area contributed by atoms with E-state index in [2.05, 4.69) is 4.98 Å². The van der Waals surface area contributed by atoms with Crippen molar-refractivity contribution in [3.05, 3.63) is 59.3 Å². The molecule has 0 spiro atoms. The van der Waals surface area contributed by atoms with E-state index in [4.69, 9.17) is 10.00 Å². The maximum absolute atomic E-state index is 14.2. The first-order valence-electron chi connectivity index (χ1n) is 7.67. The standard InChI is InChI=1S/C18H15F2N3O2/c1-25-18(24)15-10-23(17-5-2-11(7-21)8-22-17)9-14(15)13-4-3-12(19)6-16(13)20/h2-6,8,14-15H,9-10H2,1H3/t14-,15+/m0/s1. The van der Waals surface area contributed by atoms with Crippen molar-refractivity contribution in [1.82, 2.24) is 4.98 Å². The fourth-order valence-corrected chi connectivity index (χ4v) is 3.14. The summed E-state index contributed by atoms with van der Waals surface area (Å²) >= 11 is 0. The predicted octanol–water partition coefficient (Wildman–Crippen LogP) is 2.62. The lowest BCUT2D eigenvalue weighted by Crippen LogP contribution is -2.25. The van der Waals surface area contributed by atoms with Gasteiger partial charge >= 0.3 is 5.97 Å². The van der Waals surface area contributed by atoms with Crippen molar-refractivity contribution in [3.8, 4) is 6.07 Å². The molecule has 0 N–H and O–H groups in total. The van der Waals surface area contributed by atoms with Crippen molar-refractivity contribution >= 4 is 11.8 Å². The largest absolute Gasteiger partial charge is 0.469 e. The number of carbonyl (C=O) groups is 1. The lowest BCUT2D eigenvalue weighted by atomic mass is 9.88. The predicted molar refractivity (Wildman–Crippen MR) is 85.8 cm³/mol. The summed E-state index contributed by atoms with van der Waals surface area (Å²) in [4.78, 5) is 18.2. The summed E-state index contributed by atoms with van der Waals surface area (Å²) in [6, 6.07) is 8.64. The van der Waals surface area contributed by atoms with Crippen molar-refractivity contribution in [2.24, 2.45) is 5.92 Å². The highest BCUT2D eigenvalue weighted by molar-refractivity contribution is 5.75. The molecule has 1 fully saturated rings. The Morgan fingerprint density at radius 1 is 1.32 bits per heavy atom. The van der Waals surface area contributed by atoms with Crippen molar-refractivity contribution in [3.63, 3.8) is 0 Å². The zero-order valence-corrected chi connectivity index (χ0v) is 13.4. The van der Waals surface area contributed by atoms with E-state index in [1.807, 2.05) is 11.0 Å². The van der Waals surface area contributed by atoms with Crippen LogP contribution in [-0.4, -0.2) is 31.2 Å². The average molecular weight is 343 g/mol. The number of pyridine rings is 1. The topological polar surface area (TPSA) is 66.2 Å². The molecule has 2 atom stereocenters. The van der Waals surface area contributed by atoms with Crippen molar-refractivity contribution < 1.29 is 18.3 Å². The van der Waals surface area contributed by atoms with Gasteiger partial charge in [-0.05, 0) is 23.8 Å². The van der Waals surface area contributed by atoms with E-state index in [0.717, 1.165) is 6.07 Å². The van der Waals surface area contributed by atoms with Crippen LogP contribution in [0.5, 0.6) is 0 Å². The van der Waals surface area contributed by atoms with Gasteiger partial charge in [-0.3, -0.25) is 4.79 Å². The normalized spacial score (nSPS) is 19.5. The minimum atomic E-state index is -0.687. The van der Waals surface area contributed by atoms with E-state index in [-0.39, 0.29) is 5.56 Å². The molecule has 1 aromatic carbocycles. The second-order valence-electron chi connectivity index (χ2n) is 5.82. The summed E-state index contributed by atoms with van der Waals surface area (Å²) in [7, 11) is 1.28. The van der Waals surface area contributed by atoms with Crippen molar-refractivity contribution in [2.45, 2.75) is 5.92 Å². The summed E-state index contributed by atoms with van der Waals surface area (Å²) < 4.78 is 32.2. The molecule has 25 heavy (non-hydrogen) atoms. The Balaban J connectivity index is 1.93. The molecular formula is C18H15F2N3O2. The Labute approximate surface area is 143 Å². The fraction of sp³-hybridized carbons (Fsp3) is 0.278. The van der Waals surface area contributed by atoms with Gasteiger partial charge in [-0.1, -0.05) is 6.07 Å². The quantitative estimate of drug-likeness (QED) is 0.802. The van der Waals surface area contributed by atoms with Gasteiger partial charge in [-0.25, -0.2) is 13.8 Å². The number of esters is 1. The van der Waals surface area contributed by atoms with E-state index in [1.165, 1.54) is 25.4 Å². The lowest BCUT2D eigenvalue weighted by molar-refractivity contribution is -0.145. The van der Waals surface area contributed by atoms with Crippen LogP contribution in [0.1, 0.15) is 17.0 Å². The smallest absolute Gasteiger partial charge is 0.311 e. The maximum atomic E-state index is 14.2. The first-order valence-corrected chi connectivity index (χ1v) is 7.67. The summed E-state index contributed by atoms with van der Waals surface area (Å²) in [5, 5.41) is 8.85. The van der Waals surface area contributed by atoms with Gasteiger partial charge in [0.05, 0.1) is 18.6 Å². The zero-order valence-electron chi connectivity index (χ0n) is 13.4. The van der Waals surface area contributed by atoms with Gasteiger partial charge in [0.1, 0.15) is 23.5 Å². The van der Waals surface area contributed by atoms with Gasteiger partial charge < -0.3 is 9.64 Å². The number of carbonyl (C=O) groups excluding carboxylic acids is 1. The van der Waals surface area contributed by atoms with Gasteiger partial charge in [0.15, 0.2) is 0 Å². The molecular weight excluding hydrogens is 328 g/mol. The summed E-state index contributed by atoms with van der Waals surface area (Å²) in [5.41, 5.74) is 0.696. The minimum absolute atomic E-state index is 0.271. The van der Waals surface area contributed by atoms with Gasteiger partial charge in [0, 0.05) is 31.3 Å². The monoisotopic (exact) mass is 343 g/mol. The number of halogens is 2. The molecule has 0 aliphatic carbocycles. The number of anilines is 1. The van der Waals surface area contributed by atoms with Gasteiger partial charge in [-0.15, -0.1) is 0 Å². The molecule has 1 aromatic heterocycles. The van der Waals surface area contributed by atoms with Crippen LogP contribution in [0.2, 0.25) is 0 Å². The second-order valence-corrected chi connectivity index (χ2v) is 5.82. The molecule has 0 bridgehead atoms. The van der Waals surface area contributed by atoms with E-state index in [9.17, 15) is 13.6 Å². The molecule has 1 aliphatic heterocycles. The van der Waals surface area contributed by atoms with E-state index in [1.54, 1.807) is 12.1 Å². The van der Waals surface area contributed by atoms with E-state index >= 15 is 0 Å². The number of aromatic nitrogens is 1. The Kier molecular flexibility index (Phi) is 4.61. The number of benzene rings is 1. The third-order valence-electron chi connectivity index (χ3n) is 4.39. The first-order chi connectivity index (χ1) is 12.0. The third kappa shape index (κ3) is 3.29. The van der Waals surface area contributed by atoms with Crippen molar-refractivity contribution in [2.75, 3.05) is 25.1 Å². The average Bonchev–Trinajstić information content (AvgIpc) is 3.06. The van der Waals surface area contributed by atoms with Crippen LogP contribution in [0.15, 0.2) is 36.5 Å². The number of methoxy groups -OCH3 is 1. The van der Waals surface area contributed by atoms with Crippen LogP contribution in [0.25, 0.3) is 0 Å². The zero-order chi connectivity index (χ0) is 18.0. The van der Waals surface area contributed by atoms with Crippen molar-refractivity contribution in [1.29, 1.82) is 5.26 Å². The van der Waals surface area contributed by atoms with E-state index in [0.29, 0.717) is 24.5 Å². The first kappa shape index (κ1) is 16.8. The molecule has 0 amide bonds. The molecule has 128 valence electrons. The molecule has 2 aromatic rings. The number of ether oxygens (including phenoxy) is 1. The van der Waals surface area contributed by atoms with Gasteiger partial charge in [0.2, 0.25) is 0 Å². The number of hydrogen-bond donors (Lipinski definition) is 0. The molecule has 1 saturated heterocycles. The summed E-state index contributed by atoms with van der Waals surface area (Å²) in [6.45, 7) is 0.633. The van der Waals surface area contributed by atoms with Gasteiger partial charge in [0.25, 0.3) is 0 Å². The number of nitrogens with zero attached hydrogens (tertiary/aromatic N) is 3. The molecule has 2 heterocycles. The molecule has 7 heteroatoms. The molecule has 3 rings (SSSR count). The summed E-state index contributed by atoms with van der Waals surface area (Å²) in [5.74, 6) is -2.30. The minimum Gasteiger partial charge on any atom is -0.469 e. The van der Waals surface area contributed by atoms with Gasteiger partial charge in [-0.2, -0.15) is 5.26 Å². The highest BCUT2D eigenvalue weighted by Crippen LogP contribution is 2.36. The van der Waals surface area contributed by atoms with Crippen LogP contribution < -0.4 is 4.90 Å². The van der Waals surface area contributed by atoms with E-state index < -0.39 is 29.4 Å². The number of rotatable bonds is 3. The SMILES string of the molecule is COC(=O)[C@@H]1CN(c2ccc(C#N)cn2)C[C@H]1c1ccc(F)cc1F. The molecule has 0 radical (unpaired) electrons. The Morgan fingerprint density at radius 3 is 2.72 bits per heavy atom. The fourth-order valence-electron chi connectivity index (χ4n) is 3.14. The maximum Gasteiger partial charge on any atom is 0.311 e. The Hall–Kier alpha value is -3.01. The third-order valence-corrected chi connectivity index (χ3v) is 4.39. The number of hydrogen-bond acceptors (Lipinski definition) is 5. The van der Waals surface area contributed by atoms with Crippen LogP contribution >= 0.6 is 0 Å². The van der Waals surface area contributed by atoms with Crippen LogP contribution in [0.4, 0.5) is 14.6 Å². The van der Waals surface area contributed by atoms with Crippen LogP contribution in [-0.2, 0) is 9.53 Å². The lowest BCUT2D eigenvalue weighted by Gasteiger charge is -2.17. The molecule has 0 saturated carbocycles. The molecule has 5 nitrogen and oxygen atoms in total. The highest BCUT2D eigenvalue weighted by Gasteiger charge is 2.41.